The lowest BCUT2D eigenvalue weighted by molar-refractivity contribution is -0.437. The molecule has 16 heteroatoms. The summed E-state index contributed by atoms with van der Waals surface area (Å²) in [5, 5.41) is 0.173. The first-order chi connectivity index (χ1) is 28.8. The molecule has 2 aliphatic heterocycles. The molecule has 0 saturated carbocycles. The number of hydrogen-bond donors (Lipinski definition) is 2. The molecule has 3 heterocycles. The lowest BCUT2D eigenvalue weighted by Gasteiger charge is -2.30. The maximum atomic E-state index is 12.7. The van der Waals surface area contributed by atoms with Crippen LogP contribution in [0.4, 0.5) is 11.4 Å². The van der Waals surface area contributed by atoms with E-state index in [1.807, 2.05) is 42.7 Å². The molecule has 0 radical (unpaired) electrons. The number of aromatic nitrogens is 3. The highest BCUT2D eigenvalue weighted by Crippen LogP contribution is 2.51. The number of carbonyl (C=O) groups excluding carboxylic acids is 1. The fourth-order valence-electron chi connectivity index (χ4n) is 8.51. The average molecular weight is 916 g/mol. The van der Waals surface area contributed by atoms with Gasteiger partial charge in [-0.05, 0) is 106 Å². The van der Waals surface area contributed by atoms with E-state index in [1.165, 1.54) is 29.1 Å². The number of ketones is 1. The summed E-state index contributed by atoms with van der Waals surface area (Å²) in [6.45, 7) is 9.57. The van der Waals surface area contributed by atoms with Crippen LogP contribution in [0, 0.1) is 0 Å². The summed E-state index contributed by atoms with van der Waals surface area (Å²) in [5.41, 5.74) is 5.00. The van der Waals surface area contributed by atoms with Crippen molar-refractivity contribution in [1.29, 1.82) is 0 Å². The number of fused-ring (bicyclic) bond motifs is 2. The Hall–Kier alpha value is -3.79. The minimum atomic E-state index is -4.45. The Morgan fingerprint density at radius 1 is 0.820 bits per heavy atom. The van der Waals surface area contributed by atoms with Gasteiger partial charge in [-0.2, -0.15) is 26.4 Å². The van der Waals surface area contributed by atoms with Crippen LogP contribution in [0.25, 0.3) is 0 Å². The predicted molar refractivity (Wildman–Crippen MR) is 243 cm³/mol. The highest BCUT2D eigenvalue weighted by atomic mass is 35.5. The second-order valence-electron chi connectivity index (χ2n) is 16.6. The molecule has 2 aliphatic rings. The molecule has 2 N–H and O–H groups in total. The smallest absolute Gasteiger partial charge is 0.294 e. The molecule has 5 rings (SSSR count). The van der Waals surface area contributed by atoms with Crippen LogP contribution in [0.2, 0.25) is 10.6 Å². The van der Waals surface area contributed by atoms with Crippen LogP contribution >= 0.6 is 23.2 Å². The number of rotatable bonds is 23. The monoisotopic (exact) mass is 914 g/mol. The van der Waals surface area contributed by atoms with E-state index < -0.39 is 31.4 Å². The first-order valence-corrected chi connectivity index (χ1v) is 24.9. The quantitative estimate of drug-likeness (QED) is 0.0402. The van der Waals surface area contributed by atoms with Gasteiger partial charge in [0.05, 0.1) is 16.1 Å². The first kappa shape index (κ1) is 48.2. The minimum absolute atomic E-state index is 0.0864. The SMILES string of the molecule is CCCCN1C(=CC=CC=CC2=[N+](CCCS(=O)(=O)O)c3ccc(S(=O)(=O)O)cc3C2(C)C)C(C)(CCCCCC(=O)CCCCCc2nc(Cl)nc(Cl)n2)c2ccccc21. The van der Waals surface area contributed by atoms with Crippen molar-refractivity contribution < 1.29 is 35.3 Å². The molecular formula is C45H58Cl2N5O7S2+. The summed E-state index contributed by atoms with van der Waals surface area (Å²) in [5.74, 6) is 0.438. The third kappa shape index (κ3) is 12.7. The van der Waals surface area contributed by atoms with Gasteiger partial charge in [0.2, 0.25) is 16.3 Å². The Morgan fingerprint density at radius 3 is 2.18 bits per heavy atom. The fraction of sp³-hybridized carbons (Fsp3) is 0.489. The Kier molecular flexibility index (Phi) is 16.7. The fourth-order valence-corrected chi connectivity index (χ4v) is 9.91. The van der Waals surface area contributed by atoms with Crippen LogP contribution in [0.15, 0.2) is 83.4 Å². The van der Waals surface area contributed by atoms with Gasteiger partial charge in [0.1, 0.15) is 18.2 Å². The third-order valence-electron chi connectivity index (χ3n) is 11.7. The molecule has 0 spiro atoms. The Bertz CT molecular complexity index is 2400. The number of carbonyl (C=O) groups is 1. The normalized spacial score (nSPS) is 18.2. The second kappa shape index (κ2) is 21.1. The van der Waals surface area contributed by atoms with Crippen LogP contribution in [0.1, 0.15) is 122 Å². The number of anilines is 1. The number of nitrogens with zero attached hydrogens (tertiary/aromatic N) is 5. The standard InChI is InChI=1S/C45H57Cl2N5O7S2/c1-5-6-29-52-37-22-16-15-21-35(37)45(4,28-17-9-11-20-33(53)19-10-7-14-25-41-48-42(46)50-43(47)49-41)40(52)24-13-8-12-23-39-44(2,3)36-32-34(61(57,58)59)26-27-38(36)51(39)30-18-31-60(54,55)56/h8,12-13,15-16,21-24,26-27,32H,5-7,9-11,14,17-20,25,28-31H2,1-4H3,(H-,54,55,56,57,58,59)/p+1. The third-order valence-corrected chi connectivity index (χ3v) is 13.7. The van der Waals surface area contributed by atoms with E-state index in [0.29, 0.717) is 42.1 Å². The summed E-state index contributed by atoms with van der Waals surface area (Å²) in [6.07, 6.45) is 20.3. The topological polar surface area (TPSA) is 171 Å². The van der Waals surface area contributed by atoms with Crippen molar-refractivity contribution in [3.8, 4) is 0 Å². The van der Waals surface area contributed by atoms with E-state index in [4.69, 9.17) is 23.2 Å². The number of unbranched alkanes of at least 4 members (excludes halogenated alkanes) is 5. The zero-order chi connectivity index (χ0) is 44.4. The lowest BCUT2D eigenvalue weighted by atomic mass is 9.77. The highest BCUT2D eigenvalue weighted by Gasteiger charge is 2.45. The Morgan fingerprint density at radius 2 is 1.51 bits per heavy atom. The van der Waals surface area contributed by atoms with Crippen molar-refractivity contribution in [2.75, 3.05) is 23.7 Å². The summed E-state index contributed by atoms with van der Waals surface area (Å²) in [4.78, 5) is 26.9. The van der Waals surface area contributed by atoms with Crippen LogP contribution in [-0.4, -0.2) is 75.8 Å². The summed E-state index contributed by atoms with van der Waals surface area (Å²) < 4.78 is 68.3. The zero-order valence-corrected chi connectivity index (χ0v) is 38.6. The van der Waals surface area contributed by atoms with E-state index in [2.05, 4.69) is 64.0 Å². The van der Waals surface area contributed by atoms with Gasteiger partial charge in [-0.25, -0.2) is 9.97 Å². The molecule has 1 aromatic heterocycles. The summed E-state index contributed by atoms with van der Waals surface area (Å²) in [6, 6.07) is 13.0. The number of para-hydroxylation sites is 1. The Labute approximate surface area is 371 Å². The van der Waals surface area contributed by atoms with E-state index in [9.17, 15) is 30.7 Å². The number of halogens is 2. The van der Waals surface area contributed by atoms with Gasteiger partial charge >= 0.3 is 0 Å². The number of aryl methyl sites for hydroxylation is 1. The van der Waals surface area contributed by atoms with Gasteiger partial charge in [-0.3, -0.25) is 13.9 Å². The van der Waals surface area contributed by atoms with E-state index in [0.717, 1.165) is 70.0 Å². The van der Waals surface area contributed by atoms with Gasteiger partial charge < -0.3 is 4.90 Å². The minimum Gasteiger partial charge on any atom is -0.344 e. The highest BCUT2D eigenvalue weighted by molar-refractivity contribution is 7.86. The molecule has 0 fully saturated rings. The van der Waals surface area contributed by atoms with Gasteiger partial charge in [-0.1, -0.05) is 69.0 Å². The Balaban J connectivity index is 1.26. The summed E-state index contributed by atoms with van der Waals surface area (Å²) in [7, 11) is -8.62. The molecule has 0 amide bonds. The molecule has 1 atom stereocenters. The summed E-state index contributed by atoms with van der Waals surface area (Å²) >= 11 is 11.7. The number of allylic oxidation sites excluding steroid dienone is 6. The molecule has 330 valence electrons. The molecule has 0 bridgehead atoms. The second-order valence-corrected chi connectivity index (χ2v) is 20.2. The van der Waals surface area contributed by atoms with Gasteiger partial charge in [-0.15, -0.1) is 0 Å². The van der Waals surface area contributed by atoms with Crippen LogP contribution < -0.4 is 4.90 Å². The number of benzene rings is 2. The van der Waals surface area contributed by atoms with Crippen molar-refractivity contribution >= 4 is 66.3 Å². The van der Waals surface area contributed by atoms with Crippen molar-refractivity contribution in [3.05, 3.63) is 106 Å². The van der Waals surface area contributed by atoms with Crippen molar-refractivity contribution in [2.45, 2.75) is 127 Å². The largest absolute Gasteiger partial charge is 0.344 e. The van der Waals surface area contributed by atoms with Crippen molar-refractivity contribution in [2.24, 2.45) is 0 Å². The van der Waals surface area contributed by atoms with Gasteiger partial charge in [0, 0.05) is 66.7 Å². The van der Waals surface area contributed by atoms with Crippen LogP contribution in [0.3, 0.4) is 0 Å². The van der Waals surface area contributed by atoms with Crippen LogP contribution in [-0.2, 0) is 42.3 Å². The molecule has 3 aromatic rings. The number of Topliss-reactive ketones (excluding diaryl/α,β-unsaturated/α-hetero) is 1. The molecular weight excluding hydrogens is 858 g/mol. The van der Waals surface area contributed by atoms with Crippen LogP contribution in [0.5, 0.6) is 0 Å². The molecule has 2 aromatic carbocycles. The average Bonchev–Trinajstić information content (AvgIpc) is 3.54. The molecule has 12 nitrogen and oxygen atoms in total. The van der Waals surface area contributed by atoms with Gasteiger partial charge in [0.15, 0.2) is 5.71 Å². The van der Waals surface area contributed by atoms with Gasteiger partial charge in [0.25, 0.3) is 20.2 Å². The molecule has 1 unspecified atom stereocenters. The first-order valence-electron chi connectivity index (χ1n) is 21.1. The predicted octanol–water partition coefficient (Wildman–Crippen LogP) is 9.98. The molecule has 0 aliphatic carbocycles. The molecule has 0 saturated heterocycles. The maximum Gasteiger partial charge on any atom is 0.294 e. The van der Waals surface area contributed by atoms with E-state index in [1.54, 1.807) is 6.07 Å². The van der Waals surface area contributed by atoms with Crippen molar-refractivity contribution in [3.63, 3.8) is 0 Å². The van der Waals surface area contributed by atoms with E-state index in [-0.39, 0.29) is 33.8 Å². The lowest BCUT2D eigenvalue weighted by Crippen LogP contribution is -2.29. The van der Waals surface area contributed by atoms with E-state index >= 15 is 0 Å². The molecule has 61 heavy (non-hydrogen) atoms. The number of hydrogen-bond acceptors (Lipinski definition) is 9. The zero-order valence-electron chi connectivity index (χ0n) is 35.5. The van der Waals surface area contributed by atoms with Crippen molar-refractivity contribution in [1.82, 2.24) is 15.0 Å². The maximum absolute atomic E-state index is 12.7.